The van der Waals surface area contributed by atoms with E-state index in [1.54, 1.807) is 0 Å². The molecule has 0 aromatic rings. The number of carbonyl (C=O) groups excluding carboxylic acids is 2. The van der Waals surface area contributed by atoms with E-state index < -0.39 is 16.0 Å². The van der Waals surface area contributed by atoms with Gasteiger partial charge in [-0.3, -0.25) is 14.9 Å². The van der Waals surface area contributed by atoms with Crippen molar-refractivity contribution in [1.29, 1.82) is 0 Å². The van der Waals surface area contributed by atoms with Gasteiger partial charge in [0.25, 0.3) is 0 Å². The molecule has 0 heterocycles. The Balaban J connectivity index is 0. The summed E-state index contributed by atoms with van der Waals surface area (Å²) in [4.78, 5) is 20.2. The van der Waals surface area contributed by atoms with Gasteiger partial charge in [0.15, 0.2) is 6.29 Å². The third kappa shape index (κ3) is 13.9. The Hall–Kier alpha value is -0.110. The number of aliphatic hydroxyl groups is 2. The van der Waals surface area contributed by atoms with Gasteiger partial charge in [0, 0.05) is 6.92 Å². The van der Waals surface area contributed by atoms with Gasteiger partial charge in [0.2, 0.25) is 15.6 Å². The predicted octanol–water partition coefficient (Wildman–Crippen LogP) is -0.725. The molecule has 6 nitrogen and oxygen atoms in total. The highest BCUT2D eigenvalue weighted by Gasteiger charge is 2.28. The van der Waals surface area contributed by atoms with Crippen molar-refractivity contribution in [2.24, 2.45) is 5.73 Å². The minimum Gasteiger partial charge on any atom is -0.365 e. The molecule has 0 rings (SSSR count). The summed E-state index contributed by atoms with van der Waals surface area (Å²) in [5, 5.41) is 18.1. The lowest BCUT2D eigenvalue weighted by Gasteiger charge is -2.10. The van der Waals surface area contributed by atoms with E-state index in [0.717, 1.165) is 0 Å². The Labute approximate surface area is 101 Å². The van der Waals surface area contributed by atoms with Gasteiger partial charge in [-0.25, -0.2) is 0 Å². The first-order valence-electron chi connectivity index (χ1n) is 3.54. The van der Waals surface area contributed by atoms with Crippen LogP contribution in [0.3, 0.4) is 0 Å². The molecule has 0 spiro atoms. The predicted molar refractivity (Wildman–Crippen MR) is 56.4 cm³/mol. The van der Waals surface area contributed by atoms with Crippen LogP contribution in [0.25, 0.3) is 0 Å². The fraction of sp³-hybridized carbons (Fsp3) is 0.667. The summed E-state index contributed by atoms with van der Waals surface area (Å²) in [6.45, 7) is 1.12. The van der Waals surface area contributed by atoms with Crippen LogP contribution in [0.2, 0.25) is 0 Å². The van der Waals surface area contributed by atoms with Crippen LogP contribution in [-0.2, 0) is 9.59 Å². The molecular formula is C6H11Cl3N2O4. The van der Waals surface area contributed by atoms with E-state index in [9.17, 15) is 9.59 Å². The lowest BCUT2D eigenvalue weighted by atomic mass is 10.6. The van der Waals surface area contributed by atoms with Gasteiger partial charge in [0.1, 0.15) is 0 Å². The summed E-state index contributed by atoms with van der Waals surface area (Å²) in [5.74, 6) is -0.821. The molecule has 0 unspecified atom stereocenters. The summed E-state index contributed by atoms with van der Waals surface area (Å²) < 4.78 is -1.97. The van der Waals surface area contributed by atoms with Gasteiger partial charge in [-0.1, -0.05) is 34.8 Å². The van der Waals surface area contributed by atoms with Gasteiger partial charge in [-0.05, 0) is 0 Å². The first-order valence-corrected chi connectivity index (χ1v) is 4.68. The first kappa shape index (κ1) is 17.3. The van der Waals surface area contributed by atoms with Gasteiger partial charge in [-0.2, -0.15) is 0 Å². The molecule has 0 saturated heterocycles. The average Bonchev–Trinajstić information content (AvgIpc) is 2.02. The van der Waals surface area contributed by atoms with E-state index in [-0.39, 0.29) is 12.5 Å². The molecule has 0 aliphatic rings. The SMILES string of the molecule is CC(=O)NC(=O)CN.OC(O)C(Cl)(Cl)Cl. The van der Waals surface area contributed by atoms with E-state index in [2.05, 4.69) is 0 Å². The number of nitrogens with one attached hydrogen (secondary N) is 1. The number of hydrogen-bond donors (Lipinski definition) is 4. The molecule has 15 heavy (non-hydrogen) atoms. The third-order valence-electron chi connectivity index (χ3n) is 0.794. The zero-order valence-corrected chi connectivity index (χ0v) is 9.97. The van der Waals surface area contributed by atoms with E-state index in [0.29, 0.717) is 0 Å². The minimum atomic E-state index is -1.97. The second-order valence-corrected chi connectivity index (χ2v) is 4.59. The number of halogens is 3. The van der Waals surface area contributed by atoms with Crippen molar-refractivity contribution in [3.63, 3.8) is 0 Å². The molecule has 0 radical (unpaired) electrons. The maximum atomic E-state index is 10.2. The average molecular weight is 282 g/mol. The molecule has 0 aromatic heterocycles. The van der Waals surface area contributed by atoms with Crippen LogP contribution in [0.15, 0.2) is 0 Å². The van der Waals surface area contributed by atoms with Crippen LogP contribution in [0, 0.1) is 0 Å². The number of alkyl halides is 3. The monoisotopic (exact) mass is 280 g/mol. The van der Waals surface area contributed by atoms with Crippen molar-refractivity contribution >= 4 is 46.6 Å². The molecule has 0 fully saturated rings. The smallest absolute Gasteiger partial charge is 0.240 e. The van der Waals surface area contributed by atoms with E-state index in [1.165, 1.54) is 6.92 Å². The highest BCUT2D eigenvalue weighted by molar-refractivity contribution is 6.67. The molecule has 0 bridgehead atoms. The number of amides is 2. The Morgan fingerprint density at radius 3 is 1.80 bits per heavy atom. The van der Waals surface area contributed by atoms with Crippen LogP contribution in [0.4, 0.5) is 0 Å². The zero-order chi connectivity index (χ0) is 12.6. The van der Waals surface area contributed by atoms with E-state index >= 15 is 0 Å². The number of carbonyl (C=O) groups is 2. The molecule has 9 heteroatoms. The van der Waals surface area contributed by atoms with E-state index in [4.69, 9.17) is 50.7 Å². The summed E-state index contributed by atoms with van der Waals surface area (Å²) in [6, 6.07) is 0. The quantitative estimate of drug-likeness (QED) is 0.374. The zero-order valence-electron chi connectivity index (χ0n) is 7.71. The minimum absolute atomic E-state index is 0.139. The van der Waals surface area contributed by atoms with Gasteiger partial charge < -0.3 is 15.9 Å². The van der Waals surface area contributed by atoms with Crippen molar-refractivity contribution < 1.29 is 19.8 Å². The van der Waals surface area contributed by atoms with Gasteiger partial charge >= 0.3 is 0 Å². The van der Waals surface area contributed by atoms with Gasteiger partial charge in [0.05, 0.1) is 6.54 Å². The Kier molecular flexibility index (Phi) is 9.33. The van der Waals surface area contributed by atoms with Crippen LogP contribution >= 0.6 is 34.8 Å². The van der Waals surface area contributed by atoms with Crippen molar-refractivity contribution in [3.8, 4) is 0 Å². The highest BCUT2D eigenvalue weighted by Crippen LogP contribution is 2.28. The number of aliphatic hydroxyl groups excluding tert-OH is 1. The summed E-state index contributed by atoms with van der Waals surface area (Å²) >= 11 is 14.7. The largest absolute Gasteiger partial charge is 0.365 e. The Morgan fingerprint density at radius 2 is 1.73 bits per heavy atom. The third-order valence-corrected chi connectivity index (χ3v) is 1.38. The molecule has 5 N–H and O–H groups in total. The lowest BCUT2D eigenvalue weighted by Crippen LogP contribution is -2.33. The summed E-state index contributed by atoms with van der Waals surface area (Å²) in [6.07, 6.45) is -1.91. The molecular weight excluding hydrogens is 270 g/mol. The van der Waals surface area contributed by atoms with Crippen molar-refractivity contribution in [2.45, 2.75) is 17.0 Å². The number of imide groups is 1. The summed E-state index contributed by atoms with van der Waals surface area (Å²) in [7, 11) is 0. The molecule has 0 aliphatic carbocycles. The fourth-order valence-corrected chi connectivity index (χ4v) is 0.247. The Bertz CT molecular complexity index is 217. The number of nitrogens with two attached hydrogens (primary N) is 1. The molecule has 0 saturated carbocycles. The highest BCUT2D eigenvalue weighted by atomic mass is 35.6. The number of rotatable bonds is 1. The Morgan fingerprint density at radius 1 is 1.40 bits per heavy atom. The standard InChI is InChI=1S/C4H8N2O2.C2H3Cl3O2/c1-3(7)6-4(8)2-5;3-2(4,5)1(6)7/h2,5H2,1H3,(H,6,7,8);1,6-7H. The van der Waals surface area contributed by atoms with Crippen LogP contribution in [0.1, 0.15) is 6.92 Å². The second kappa shape index (κ2) is 8.09. The van der Waals surface area contributed by atoms with Gasteiger partial charge in [-0.15, -0.1) is 0 Å². The van der Waals surface area contributed by atoms with E-state index in [1.807, 2.05) is 5.32 Å². The maximum Gasteiger partial charge on any atom is 0.240 e. The second-order valence-electron chi connectivity index (χ2n) is 2.22. The van der Waals surface area contributed by atoms with Crippen LogP contribution in [0.5, 0.6) is 0 Å². The van der Waals surface area contributed by atoms with Crippen LogP contribution < -0.4 is 11.1 Å². The molecule has 2 amide bonds. The molecule has 0 atom stereocenters. The van der Waals surface area contributed by atoms with Crippen molar-refractivity contribution in [3.05, 3.63) is 0 Å². The van der Waals surface area contributed by atoms with Crippen molar-refractivity contribution in [1.82, 2.24) is 5.32 Å². The first-order chi connectivity index (χ1) is 6.61. The summed E-state index contributed by atoms with van der Waals surface area (Å²) in [5.41, 5.74) is 4.86. The fourth-order valence-electron chi connectivity index (χ4n) is 0.247. The number of hydrogen-bond acceptors (Lipinski definition) is 5. The lowest BCUT2D eigenvalue weighted by molar-refractivity contribution is -0.128. The van der Waals surface area contributed by atoms with Crippen molar-refractivity contribution in [2.75, 3.05) is 6.54 Å². The molecule has 0 aromatic carbocycles. The molecule has 90 valence electrons. The van der Waals surface area contributed by atoms with Crippen LogP contribution in [-0.4, -0.2) is 38.7 Å². The topological polar surface area (TPSA) is 113 Å². The molecule has 0 aliphatic heterocycles. The normalized spacial score (nSPS) is 10.4. The maximum absolute atomic E-state index is 10.2.